The van der Waals surface area contributed by atoms with Crippen LogP contribution in [0.15, 0.2) is 156 Å². The van der Waals surface area contributed by atoms with Crippen molar-refractivity contribution in [2.24, 2.45) is 22.0 Å². The molecule has 5 aromatic rings. The Bertz CT molecular complexity index is 1760. The van der Waals surface area contributed by atoms with Crippen molar-refractivity contribution in [3.63, 3.8) is 0 Å². The molecule has 0 saturated carbocycles. The normalized spacial score (nSPS) is 18.5. The van der Waals surface area contributed by atoms with E-state index in [1.807, 2.05) is 146 Å². The fraction of sp³-hybridized carbons (Fsp3) is 0.105. The van der Waals surface area contributed by atoms with Gasteiger partial charge in [-0.3, -0.25) is 9.59 Å². The molecule has 220 valence electrons. The predicted molar refractivity (Wildman–Crippen MR) is 177 cm³/mol. The molecule has 0 bridgehead atoms. The maximum Gasteiger partial charge on any atom is 0.257 e. The minimum atomic E-state index is -0.792. The summed E-state index contributed by atoms with van der Waals surface area (Å²) in [5.41, 5.74) is 4.96. The van der Waals surface area contributed by atoms with Crippen LogP contribution in [0.3, 0.4) is 0 Å². The molecule has 0 saturated heterocycles. The van der Waals surface area contributed by atoms with Gasteiger partial charge in [-0.1, -0.05) is 109 Å². The quantitative estimate of drug-likeness (QED) is 0.197. The largest absolute Gasteiger partial charge is 0.497 e. The minimum Gasteiger partial charge on any atom is -0.497 e. The summed E-state index contributed by atoms with van der Waals surface area (Å²) in [4.78, 5) is 29.4. The number of hydrogen-bond acceptors (Lipinski definition) is 5. The monoisotopic (exact) mass is 590 g/mol. The molecule has 0 radical (unpaired) electrons. The Morgan fingerprint density at radius 2 is 0.911 bits per heavy atom. The van der Waals surface area contributed by atoms with Crippen LogP contribution in [0.25, 0.3) is 0 Å². The van der Waals surface area contributed by atoms with Crippen LogP contribution in [-0.2, 0) is 9.59 Å². The third-order valence-electron chi connectivity index (χ3n) is 8.31. The van der Waals surface area contributed by atoms with Crippen molar-refractivity contribution in [3.8, 4) is 5.75 Å². The van der Waals surface area contributed by atoms with Crippen molar-refractivity contribution in [1.82, 2.24) is 0 Å². The minimum absolute atomic E-state index is 0.209. The summed E-state index contributed by atoms with van der Waals surface area (Å²) in [7, 11) is 1.61. The number of hydrazone groups is 2. The van der Waals surface area contributed by atoms with Crippen LogP contribution >= 0.6 is 0 Å². The van der Waals surface area contributed by atoms with E-state index in [1.165, 1.54) is 10.0 Å². The van der Waals surface area contributed by atoms with Gasteiger partial charge in [-0.15, -0.1) is 0 Å². The second-order valence-corrected chi connectivity index (χ2v) is 10.9. The molecule has 7 heteroatoms. The Balaban J connectivity index is 1.44. The first-order valence-electron chi connectivity index (χ1n) is 14.8. The van der Waals surface area contributed by atoms with Crippen LogP contribution in [0.1, 0.15) is 22.6 Å². The third-order valence-corrected chi connectivity index (χ3v) is 8.31. The molecule has 5 aromatic carbocycles. The molecule has 0 spiro atoms. The fourth-order valence-electron chi connectivity index (χ4n) is 6.19. The number of para-hydroxylation sites is 2. The zero-order valence-electron chi connectivity index (χ0n) is 24.6. The number of hydrogen-bond donors (Lipinski definition) is 0. The smallest absolute Gasteiger partial charge is 0.257 e. The number of carbonyl (C=O) groups excluding carboxylic acids is 2. The molecular formula is C38H30N4O3. The van der Waals surface area contributed by atoms with E-state index in [9.17, 15) is 9.59 Å². The summed E-state index contributed by atoms with van der Waals surface area (Å²) in [5, 5.41) is 12.8. The van der Waals surface area contributed by atoms with E-state index < -0.39 is 17.8 Å². The van der Waals surface area contributed by atoms with E-state index >= 15 is 0 Å². The highest BCUT2D eigenvalue weighted by Gasteiger charge is 2.52. The molecule has 0 aliphatic carbocycles. The van der Waals surface area contributed by atoms with Gasteiger partial charge in [0.05, 0.1) is 41.7 Å². The van der Waals surface area contributed by atoms with Gasteiger partial charge in [0, 0.05) is 5.92 Å². The summed E-state index contributed by atoms with van der Waals surface area (Å²) in [6.07, 6.45) is 0. The van der Waals surface area contributed by atoms with Gasteiger partial charge < -0.3 is 4.74 Å². The van der Waals surface area contributed by atoms with Crippen LogP contribution in [0, 0.1) is 11.8 Å². The molecule has 2 amide bonds. The lowest BCUT2D eigenvalue weighted by molar-refractivity contribution is -0.122. The lowest BCUT2D eigenvalue weighted by Crippen LogP contribution is -2.41. The van der Waals surface area contributed by atoms with Crippen molar-refractivity contribution < 1.29 is 14.3 Å². The van der Waals surface area contributed by atoms with Crippen molar-refractivity contribution in [2.75, 3.05) is 17.1 Å². The number of rotatable bonds is 8. The van der Waals surface area contributed by atoms with Gasteiger partial charge in [-0.25, -0.2) is 0 Å². The average Bonchev–Trinajstić information content (AvgIpc) is 3.63. The first kappa shape index (κ1) is 28.0. The molecule has 2 heterocycles. The Labute approximate surface area is 261 Å². The van der Waals surface area contributed by atoms with E-state index in [0.717, 1.165) is 16.7 Å². The van der Waals surface area contributed by atoms with Crippen LogP contribution in [0.5, 0.6) is 5.75 Å². The van der Waals surface area contributed by atoms with Crippen LogP contribution in [0.4, 0.5) is 11.4 Å². The molecule has 7 rings (SSSR count). The SMILES string of the molecule is COc1ccc(C(C2C(=O)N(c3ccccc3)N=C2c2ccccc2)C2C(=O)N(c3ccccc3)N=C2c2ccccc2)cc1. The van der Waals surface area contributed by atoms with Gasteiger partial charge in [-0.2, -0.15) is 20.2 Å². The third kappa shape index (κ3) is 5.18. The van der Waals surface area contributed by atoms with Gasteiger partial charge in [0.2, 0.25) is 0 Å². The molecular weight excluding hydrogens is 560 g/mol. The molecule has 2 atom stereocenters. The van der Waals surface area contributed by atoms with Crippen molar-refractivity contribution in [1.29, 1.82) is 0 Å². The standard InChI is InChI=1S/C38H30N4O3/c1-45-31-24-22-26(23-25-31)32(33-35(27-14-6-2-7-15-27)39-41(37(33)43)29-18-10-4-11-19-29)34-36(28-16-8-3-9-17-28)40-42(38(34)44)30-20-12-5-13-21-30/h2-25,32-34H,1H3. The molecule has 45 heavy (non-hydrogen) atoms. The molecule has 0 N–H and O–H groups in total. The molecule has 2 aliphatic heterocycles. The Morgan fingerprint density at radius 1 is 0.533 bits per heavy atom. The summed E-state index contributed by atoms with van der Waals surface area (Å²) >= 11 is 0. The van der Waals surface area contributed by atoms with Gasteiger partial charge in [0.15, 0.2) is 0 Å². The predicted octanol–water partition coefficient (Wildman–Crippen LogP) is 6.91. The Hall–Kier alpha value is -5.82. The van der Waals surface area contributed by atoms with Crippen LogP contribution < -0.4 is 14.8 Å². The molecule has 2 aliphatic rings. The Morgan fingerprint density at radius 3 is 1.29 bits per heavy atom. The van der Waals surface area contributed by atoms with E-state index in [4.69, 9.17) is 14.9 Å². The number of carbonyl (C=O) groups is 2. The van der Waals surface area contributed by atoms with Crippen LogP contribution in [-0.4, -0.2) is 30.3 Å². The van der Waals surface area contributed by atoms with Crippen LogP contribution in [0.2, 0.25) is 0 Å². The summed E-state index contributed by atoms with van der Waals surface area (Å²) in [5.74, 6) is -1.97. The van der Waals surface area contributed by atoms with Crippen molar-refractivity contribution in [3.05, 3.63) is 162 Å². The molecule has 0 aromatic heterocycles. The molecule has 7 nitrogen and oxygen atoms in total. The number of methoxy groups -OCH3 is 1. The molecule has 2 unspecified atom stereocenters. The summed E-state index contributed by atoms with van der Waals surface area (Å²) < 4.78 is 5.48. The van der Waals surface area contributed by atoms with Gasteiger partial charge in [-0.05, 0) is 53.1 Å². The van der Waals surface area contributed by atoms with E-state index in [2.05, 4.69) is 0 Å². The lowest BCUT2D eigenvalue weighted by Gasteiger charge is -2.30. The van der Waals surface area contributed by atoms with E-state index in [1.54, 1.807) is 7.11 Å². The fourth-order valence-corrected chi connectivity index (χ4v) is 6.19. The Kier molecular flexibility index (Phi) is 7.49. The number of anilines is 2. The highest BCUT2D eigenvalue weighted by molar-refractivity contribution is 6.26. The topological polar surface area (TPSA) is 74.6 Å². The van der Waals surface area contributed by atoms with Crippen molar-refractivity contribution >= 4 is 34.6 Å². The van der Waals surface area contributed by atoms with Gasteiger partial charge in [0.25, 0.3) is 11.8 Å². The number of amides is 2. The van der Waals surface area contributed by atoms with Gasteiger partial charge in [0.1, 0.15) is 5.75 Å². The average molecular weight is 591 g/mol. The van der Waals surface area contributed by atoms with E-state index in [-0.39, 0.29) is 11.8 Å². The highest BCUT2D eigenvalue weighted by Crippen LogP contribution is 2.45. The maximum atomic E-state index is 14.7. The number of benzene rings is 5. The highest BCUT2D eigenvalue weighted by atomic mass is 16.5. The number of nitrogens with zero attached hydrogens (tertiary/aromatic N) is 4. The first-order chi connectivity index (χ1) is 22.1. The second-order valence-electron chi connectivity index (χ2n) is 10.9. The summed E-state index contributed by atoms with van der Waals surface area (Å²) in [6.45, 7) is 0. The zero-order valence-corrected chi connectivity index (χ0v) is 24.6. The van der Waals surface area contributed by atoms with Crippen molar-refractivity contribution in [2.45, 2.75) is 5.92 Å². The molecule has 0 fully saturated rings. The first-order valence-corrected chi connectivity index (χ1v) is 14.8. The zero-order chi connectivity index (χ0) is 30.8. The van der Waals surface area contributed by atoms with E-state index in [0.29, 0.717) is 28.5 Å². The summed E-state index contributed by atoms with van der Waals surface area (Å²) in [6, 6.07) is 45.8. The van der Waals surface area contributed by atoms with Gasteiger partial charge >= 0.3 is 0 Å². The lowest BCUT2D eigenvalue weighted by atomic mass is 9.70. The second kappa shape index (κ2) is 12.1. The maximum absolute atomic E-state index is 14.7. The number of ether oxygens (including phenoxy) is 1.